The summed E-state index contributed by atoms with van der Waals surface area (Å²) >= 11 is 0. The Hall–Kier alpha value is -1.02. The molecular formula is C19H31NO. The Morgan fingerprint density at radius 3 is 2.33 bits per heavy atom. The van der Waals surface area contributed by atoms with Crippen molar-refractivity contribution in [3.05, 3.63) is 28.8 Å². The molecule has 0 aliphatic heterocycles. The molecule has 1 aliphatic rings. The zero-order valence-electron chi connectivity index (χ0n) is 14.5. The number of nitrogens with one attached hydrogen (secondary N) is 1. The molecule has 1 fully saturated rings. The van der Waals surface area contributed by atoms with E-state index in [1.165, 1.54) is 42.4 Å². The van der Waals surface area contributed by atoms with Gasteiger partial charge in [0.25, 0.3) is 0 Å². The summed E-state index contributed by atoms with van der Waals surface area (Å²) in [6, 6.07) is 4.88. The van der Waals surface area contributed by atoms with E-state index in [4.69, 9.17) is 4.74 Å². The van der Waals surface area contributed by atoms with Gasteiger partial charge in [0.15, 0.2) is 0 Å². The average Bonchev–Trinajstić information content (AvgIpc) is 2.45. The fourth-order valence-corrected chi connectivity index (χ4v) is 3.73. The number of methoxy groups -OCH3 is 1. The molecule has 2 heteroatoms. The van der Waals surface area contributed by atoms with Gasteiger partial charge in [-0.25, -0.2) is 0 Å². The molecule has 2 rings (SSSR count). The van der Waals surface area contributed by atoms with Crippen molar-refractivity contribution in [2.75, 3.05) is 14.2 Å². The molecule has 0 aromatic heterocycles. The number of hydrogen-bond donors (Lipinski definition) is 1. The second-order valence-electron chi connectivity index (χ2n) is 7.40. The second-order valence-corrected chi connectivity index (χ2v) is 7.40. The molecule has 1 N–H and O–H groups in total. The van der Waals surface area contributed by atoms with Crippen LogP contribution in [0.2, 0.25) is 0 Å². The van der Waals surface area contributed by atoms with E-state index in [0.29, 0.717) is 17.4 Å². The van der Waals surface area contributed by atoms with Gasteiger partial charge in [-0.1, -0.05) is 26.0 Å². The first-order valence-corrected chi connectivity index (χ1v) is 8.21. The molecule has 1 aromatic carbocycles. The summed E-state index contributed by atoms with van der Waals surface area (Å²) in [4.78, 5) is 0. The van der Waals surface area contributed by atoms with Gasteiger partial charge in [-0.15, -0.1) is 0 Å². The van der Waals surface area contributed by atoms with E-state index < -0.39 is 0 Å². The standard InChI is InChI=1S/C19H31NO/c1-13-7-8-16(18(21-6)14(13)2)17(20-5)15-9-11-19(3,4)12-10-15/h7-8,15,17,20H,9-12H2,1-6H3. The highest BCUT2D eigenvalue weighted by atomic mass is 16.5. The van der Waals surface area contributed by atoms with Crippen LogP contribution in [-0.4, -0.2) is 14.2 Å². The summed E-state index contributed by atoms with van der Waals surface area (Å²) in [5, 5.41) is 3.56. The molecule has 1 saturated carbocycles. The molecule has 0 heterocycles. The minimum absolute atomic E-state index is 0.398. The molecule has 0 saturated heterocycles. The first kappa shape index (κ1) is 16.4. The lowest BCUT2D eigenvalue weighted by Gasteiger charge is -2.38. The van der Waals surface area contributed by atoms with Gasteiger partial charge in [0.1, 0.15) is 5.75 Å². The van der Waals surface area contributed by atoms with Crippen LogP contribution in [0.1, 0.15) is 62.3 Å². The van der Waals surface area contributed by atoms with Crippen molar-refractivity contribution in [1.29, 1.82) is 0 Å². The predicted octanol–water partition coefficient (Wildman–Crippen LogP) is 4.79. The molecule has 1 aromatic rings. The van der Waals surface area contributed by atoms with Crippen molar-refractivity contribution in [3.63, 3.8) is 0 Å². The molecule has 0 amide bonds. The first-order chi connectivity index (χ1) is 9.89. The number of ether oxygens (including phenoxy) is 1. The molecule has 2 nitrogen and oxygen atoms in total. The number of aryl methyl sites for hydroxylation is 1. The lowest BCUT2D eigenvalue weighted by atomic mass is 9.70. The summed E-state index contributed by atoms with van der Waals surface area (Å²) in [5.41, 5.74) is 4.41. The van der Waals surface area contributed by atoms with E-state index in [-0.39, 0.29) is 0 Å². The Balaban J connectivity index is 2.28. The second kappa shape index (κ2) is 6.39. The number of benzene rings is 1. The van der Waals surface area contributed by atoms with E-state index >= 15 is 0 Å². The van der Waals surface area contributed by atoms with Gasteiger partial charge in [-0.2, -0.15) is 0 Å². The minimum atomic E-state index is 0.398. The molecule has 1 unspecified atom stereocenters. The van der Waals surface area contributed by atoms with Gasteiger partial charge < -0.3 is 10.1 Å². The van der Waals surface area contributed by atoms with Gasteiger partial charge >= 0.3 is 0 Å². The fraction of sp³-hybridized carbons (Fsp3) is 0.684. The van der Waals surface area contributed by atoms with Gasteiger partial charge in [0, 0.05) is 11.6 Å². The highest BCUT2D eigenvalue weighted by Gasteiger charge is 2.32. The highest BCUT2D eigenvalue weighted by molar-refractivity contribution is 5.47. The molecule has 1 aliphatic carbocycles. The van der Waals surface area contributed by atoms with Gasteiger partial charge in [0.2, 0.25) is 0 Å². The third-order valence-corrected chi connectivity index (χ3v) is 5.41. The van der Waals surface area contributed by atoms with Gasteiger partial charge in [-0.3, -0.25) is 0 Å². The van der Waals surface area contributed by atoms with Crippen LogP contribution in [0.4, 0.5) is 0 Å². The van der Waals surface area contributed by atoms with Crippen LogP contribution >= 0.6 is 0 Å². The summed E-state index contributed by atoms with van der Waals surface area (Å²) in [5.74, 6) is 1.78. The summed E-state index contributed by atoms with van der Waals surface area (Å²) in [6.45, 7) is 9.11. The summed E-state index contributed by atoms with van der Waals surface area (Å²) in [6.07, 6.45) is 5.25. The third-order valence-electron chi connectivity index (χ3n) is 5.41. The lowest BCUT2D eigenvalue weighted by Crippen LogP contribution is -2.31. The zero-order chi connectivity index (χ0) is 15.6. The lowest BCUT2D eigenvalue weighted by molar-refractivity contribution is 0.163. The SMILES string of the molecule is CNC(c1ccc(C)c(C)c1OC)C1CCC(C)(C)CC1. The van der Waals surface area contributed by atoms with Crippen LogP contribution in [0, 0.1) is 25.2 Å². The highest BCUT2D eigenvalue weighted by Crippen LogP contribution is 2.44. The Kier molecular flexibility index (Phi) is 4.98. The zero-order valence-corrected chi connectivity index (χ0v) is 14.5. The molecule has 1 atom stereocenters. The maximum absolute atomic E-state index is 5.73. The van der Waals surface area contributed by atoms with Gasteiger partial charge in [0.05, 0.1) is 7.11 Å². The Morgan fingerprint density at radius 2 is 1.81 bits per heavy atom. The molecule has 0 bridgehead atoms. The molecular weight excluding hydrogens is 258 g/mol. The van der Waals surface area contributed by atoms with Crippen LogP contribution < -0.4 is 10.1 Å². The van der Waals surface area contributed by atoms with E-state index in [1.54, 1.807) is 7.11 Å². The smallest absolute Gasteiger partial charge is 0.126 e. The summed E-state index contributed by atoms with van der Waals surface area (Å²) in [7, 11) is 3.88. The van der Waals surface area contributed by atoms with Crippen LogP contribution in [0.3, 0.4) is 0 Å². The van der Waals surface area contributed by atoms with Crippen LogP contribution in [0.15, 0.2) is 12.1 Å². The Labute approximate surface area is 130 Å². The normalized spacial score (nSPS) is 20.3. The van der Waals surface area contributed by atoms with Crippen molar-refractivity contribution in [2.24, 2.45) is 11.3 Å². The minimum Gasteiger partial charge on any atom is -0.496 e. The topological polar surface area (TPSA) is 21.3 Å². The number of hydrogen-bond acceptors (Lipinski definition) is 2. The monoisotopic (exact) mass is 289 g/mol. The van der Waals surface area contributed by atoms with Crippen molar-refractivity contribution >= 4 is 0 Å². The summed E-state index contributed by atoms with van der Waals surface area (Å²) < 4.78 is 5.73. The Bertz CT molecular complexity index is 483. The quantitative estimate of drug-likeness (QED) is 0.860. The van der Waals surface area contributed by atoms with Crippen molar-refractivity contribution in [1.82, 2.24) is 5.32 Å². The van der Waals surface area contributed by atoms with Crippen molar-refractivity contribution in [2.45, 2.75) is 59.4 Å². The van der Waals surface area contributed by atoms with E-state index in [9.17, 15) is 0 Å². The maximum atomic E-state index is 5.73. The van der Waals surface area contributed by atoms with E-state index in [0.717, 1.165) is 5.75 Å². The fourth-order valence-electron chi connectivity index (χ4n) is 3.73. The van der Waals surface area contributed by atoms with Crippen LogP contribution in [-0.2, 0) is 0 Å². The van der Waals surface area contributed by atoms with Crippen molar-refractivity contribution < 1.29 is 4.74 Å². The van der Waals surface area contributed by atoms with Gasteiger partial charge in [-0.05, 0) is 69.0 Å². The third kappa shape index (κ3) is 3.42. The maximum Gasteiger partial charge on any atom is 0.126 e. The molecule has 118 valence electrons. The van der Waals surface area contributed by atoms with E-state index in [2.05, 4.69) is 52.2 Å². The Morgan fingerprint density at radius 1 is 1.19 bits per heavy atom. The van der Waals surface area contributed by atoms with Crippen LogP contribution in [0.25, 0.3) is 0 Å². The molecule has 0 radical (unpaired) electrons. The largest absolute Gasteiger partial charge is 0.496 e. The van der Waals surface area contributed by atoms with Crippen LogP contribution in [0.5, 0.6) is 5.75 Å². The number of rotatable bonds is 4. The predicted molar refractivity (Wildman–Crippen MR) is 90.0 cm³/mol. The first-order valence-electron chi connectivity index (χ1n) is 8.21. The molecule has 0 spiro atoms. The average molecular weight is 289 g/mol. The molecule has 21 heavy (non-hydrogen) atoms. The van der Waals surface area contributed by atoms with Crippen molar-refractivity contribution in [3.8, 4) is 5.75 Å². The van der Waals surface area contributed by atoms with E-state index in [1.807, 2.05) is 0 Å².